The first-order chi connectivity index (χ1) is 9.81. The van der Waals surface area contributed by atoms with Crippen LogP contribution in [0, 0.1) is 0 Å². The lowest BCUT2D eigenvalue weighted by molar-refractivity contribution is -0.0708. The maximum Gasteiger partial charge on any atom is 0.0814 e. The van der Waals surface area contributed by atoms with Crippen molar-refractivity contribution in [3.8, 4) is 0 Å². The largest absolute Gasteiger partial charge is 0.381 e. The lowest BCUT2D eigenvalue weighted by Crippen LogP contribution is -2.31. The van der Waals surface area contributed by atoms with E-state index in [2.05, 4.69) is 12.2 Å². The average Bonchev–Trinajstić information content (AvgIpc) is 2.94. The van der Waals surface area contributed by atoms with E-state index in [1.165, 1.54) is 25.7 Å². The molecule has 1 saturated carbocycles. The highest BCUT2D eigenvalue weighted by atomic mass is 16.5. The van der Waals surface area contributed by atoms with Gasteiger partial charge in [0.2, 0.25) is 0 Å². The Labute approximate surface area is 123 Å². The summed E-state index contributed by atoms with van der Waals surface area (Å²) in [7, 11) is 1.81. The SMILES string of the molecule is CCCNCC1CCC(COC2CCCC(OC)C2)O1. The van der Waals surface area contributed by atoms with E-state index >= 15 is 0 Å². The number of methoxy groups -OCH3 is 1. The molecule has 4 unspecified atom stereocenters. The van der Waals surface area contributed by atoms with Crippen LogP contribution >= 0.6 is 0 Å². The van der Waals surface area contributed by atoms with Gasteiger partial charge < -0.3 is 19.5 Å². The maximum atomic E-state index is 6.05. The molecule has 2 rings (SSSR count). The van der Waals surface area contributed by atoms with Gasteiger partial charge in [-0.25, -0.2) is 0 Å². The van der Waals surface area contributed by atoms with Crippen LogP contribution in [0.3, 0.4) is 0 Å². The third-order valence-corrected chi connectivity index (χ3v) is 4.42. The van der Waals surface area contributed by atoms with Gasteiger partial charge in [0.1, 0.15) is 0 Å². The molecule has 1 heterocycles. The molecular formula is C16H31NO3. The Morgan fingerprint density at radius 1 is 1.10 bits per heavy atom. The summed E-state index contributed by atoms with van der Waals surface area (Å²) in [6, 6.07) is 0. The van der Waals surface area contributed by atoms with Crippen molar-refractivity contribution in [2.24, 2.45) is 0 Å². The smallest absolute Gasteiger partial charge is 0.0814 e. The zero-order valence-electron chi connectivity index (χ0n) is 13.1. The molecule has 2 aliphatic rings. The molecular weight excluding hydrogens is 254 g/mol. The van der Waals surface area contributed by atoms with Crippen LogP contribution in [-0.2, 0) is 14.2 Å². The molecule has 4 atom stereocenters. The number of hydrogen-bond acceptors (Lipinski definition) is 4. The number of hydrogen-bond donors (Lipinski definition) is 1. The third kappa shape index (κ3) is 5.32. The molecule has 20 heavy (non-hydrogen) atoms. The monoisotopic (exact) mass is 285 g/mol. The summed E-state index contributed by atoms with van der Waals surface area (Å²) in [5, 5.41) is 3.43. The molecule has 1 aliphatic carbocycles. The van der Waals surface area contributed by atoms with E-state index in [4.69, 9.17) is 14.2 Å². The van der Waals surface area contributed by atoms with Crippen molar-refractivity contribution in [3.63, 3.8) is 0 Å². The molecule has 0 aromatic carbocycles. The van der Waals surface area contributed by atoms with Gasteiger partial charge in [-0.05, 0) is 51.5 Å². The Morgan fingerprint density at radius 2 is 1.90 bits per heavy atom. The Kier molecular flexibility index (Phi) is 7.28. The Bertz CT molecular complexity index is 262. The minimum atomic E-state index is 0.298. The topological polar surface area (TPSA) is 39.7 Å². The summed E-state index contributed by atoms with van der Waals surface area (Å²) in [5.41, 5.74) is 0. The standard InChI is InChI=1S/C16H31NO3/c1-3-9-17-11-15-7-8-16(20-15)12-19-14-6-4-5-13(10-14)18-2/h13-17H,3-12H2,1-2H3. The molecule has 0 radical (unpaired) electrons. The number of rotatable bonds is 8. The second-order valence-corrected chi connectivity index (χ2v) is 6.14. The van der Waals surface area contributed by atoms with Gasteiger partial charge in [-0.2, -0.15) is 0 Å². The summed E-state index contributed by atoms with van der Waals surface area (Å²) in [5.74, 6) is 0. The average molecular weight is 285 g/mol. The molecule has 2 fully saturated rings. The highest BCUT2D eigenvalue weighted by Crippen LogP contribution is 2.25. The van der Waals surface area contributed by atoms with Crippen molar-refractivity contribution in [3.05, 3.63) is 0 Å². The van der Waals surface area contributed by atoms with Gasteiger partial charge in [-0.15, -0.1) is 0 Å². The Morgan fingerprint density at radius 3 is 2.70 bits per heavy atom. The zero-order chi connectivity index (χ0) is 14.2. The highest BCUT2D eigenvalue weighted by Gasteiger charge is 2.27. The summed E-state index contributed by atoms with van der Waals surface area (Å²) >= 11 is 0. The molecule has 118 valence electrons. The molecule has 0 spiro atoms. The van der Waals surface area contributed by atoms with Gasteiger partial charge in [0.25, 0.3) is 0 Å². The van der Waals surface area contributed by atoms with E-state index in [1.807, 2.05) is 0 Å². The molecule has 0 aromatic heterocycles. The molecule has 4 heteroatoms. The summed E-state index contributed by atoms with van der Waals surface area (Å²) in [6.07, 6.45) is 9.55. The molecule has 0 amide bonds. The second kappa shape index (κ2) is 8.98. The molecule has 0 bridgehead atoms. The quantitative estimate of drug-likeness (QED) is 0.696. The normalized spacial score (nSPS) is 34.5. The fourth-order valence-electron chi connectivity index (χ4n) is 3.20. The minimum absolute atomic E-state index is 0.298. The number of nitrogens with one attached hydrogen (secondary N) is 1. The van der Waals surface area contributed by atoms with Gasteiger partial charge in [0, 0.05) is 13.7 Å². The molecule has 1 saturated heterocycles. The molecule has 4 nitrogen and oxygen atoms in total. The first-order valence-corrected chi connectivity index (χ1v) is 8.32. The first kappa shape index (κ1) is 16.2. The van der Waals surface area contributed by atoms with Crippen LogP contribution in [0.2, 0.25) is 0 Å². The fraction of sp³-hybridized carbons (Fsp3) is 1.00. The van der Waals surface area contributed by atoms with Crippen molar-refractivity contribution < 1.29 is 14.2 Å². The van der Waals surface area contributed by atoms with Gasteiger partial charge >= 0.3 is 0 Å². The highest BCUT2D eigenvalue weighted by molar-refractivity contribution is 4.77. The minimum Gasteiger partial charge on any atom is -0.381 e. The van der Waals surface area contributed by atoms with E-state index < -0.39 is 0 Å². The van der Waals surface area contributed by atoms with Crippen LogP contribution in [0.25, 0.3) is 0 Å². The fourth-order valence-corrected chi connectivity index (χ4v) is 3.20. The third-order valence-electron chi connectivity index (χ3n) is 4.42. The Hall–Kier alpha value is -0.160. The zero-order valence-corrected chi connectivity index (χ0v) is 13.1. The van der Waals surface area contributed by atoms with Crippen LogP contribution in [-0.4, -0.2) is 51.2 Å². The summed E-state index contributed by atoms with van der Waals surface area (Å²) in [6.45, 7) is 5.02. The van der Waals surface area contributed by atoms with Crippen LogP contribution in [0.4, 0.5) is 0 Å². The molecule has 1 aliphatic heterocycles. The van der Waals surface area contributed by atoms with Gasteiger partial charge in [-0.1, -0.05) is 6.92 Å². The van der Waals surface area contributed by atoms with Crippen molar-refractivity contribution in [2.45, 2.75) is 76.3 Å². The van der Waals surface area contributed by atoms with Crippen molar-refractivity contribution in [1.82, 2.24) is 5.32 Å². The second-order valence-electron chi connectivity index (χ2n) is 6.14. The van der Waals surface area contributed by atoms with E-state index in [9.17, 15) is 0 Å². The molecule has 1 N–H and O–H groups in total. The van der Waals surface area contributed by atoms with Crippen LogP contribution in [0.1, 0.15) is 51.9 Å². The first-order valence-electron chi connectivity index (χ1n) is 8.32. The van der Waals surface area contributed by atoms with Crippen LogP contribution in [0.15, 0.2) is 0 Å². The van der Waals surface area contributed by atoms with E-state index in [-0.39, 0.29) is 0 Å². The lowest BCUT2D eigenvalue weighted by atomic mass is 9.95. The number of ether oxygens (including phenoxy) is 3. The van der Waals surface area contributed by atoms with Gasteiger partial charge in [0.05, 0.1) is 31.0 Å². The van der Waals surface area contributed by atoms with Crippen molar-refractivity contribution >= 4 is 0 Å². The predicted molar refractivity (Wildman–Crippen MR) is 80.1 cm³/mol. The summed E-state index contributed by atoms with van der Waals surface area (Å²) < 4.78 is 17.5. The molecule has 0 aromatic rings. The van der Waals surface area contributed by atoms with Crippen LogP contribution in [0.5, 0.6) is 0 Å². The predicted octanol–water partition coefficient (Wildman–Crippen LogP) is 2.51. The van der Waals surface area contributed by atoms with E-state index in [0.29, 0.717) is 24.4 Å². The Balaban J connectivity index is 1.58. The van der Waals surface area contributed by atoms with E-state index in [0.717, 1.165) is 39.0 Å². The van der Waals surface area contributed by atoms with Crippen molar-refractivity contribution in [1.29, 1.82) is 0 Å². The van der Waals surface area contributed by atoms with Gasteiger partial charge in [-0.3, -0.25) is 0 Å². The van der Waals surface area contributed by atoms with Gasteiger partial charge in [0.15, 0.2) is 0 Å². The van der Waals surface area contributed by atoms with Crippen LogP contribution < -0.4 is 5.32 Å². The maximum absolute atomic E-state index is 6.05. The van der Waals surface area contributed by atoms with Crippen molar-refractivity contribution in [2.75, 3.05) is 26.8 Å². The van der Waals surface area contributed by atoms with E-state index in [1.54, 1.807) is 7.11 Å². The summed E-state index contributed by atoms with van der Waals surface area (Å²) in [4.78, 5) is 0. The lowest BCUT2D eigenvalue weighted by Gasteiger charge is -2.29.